The Labute approximate surface area is 170 Å². The first-order chi connectivity index (χ1) is 13.2. The highest BCUT2D eigenvalue weighted by Gasteiger charge is 2.62. The van der Waals surface area contributed by atoms with Gasteiger partial charge in [-0.1, -0.05) is 20.8 Å². The second-order valence-corrected chi connectivity index (χ2v) is 11.4. The highest BCUT2D eigenvalue weighted by molar-refractivity contribution is 5.66. The Bertz CT molecular complexity index is 605. The zero-order valence-electron chi connectivity index (χ0n) is 17.9. The number of rotatable bonds is 4. The summed E-state index contributed by atoms with van der Waals surface area (Å²) in [6.07, 6.45) is 9.19. The van der Waals surface area contributed by atoms with Crippen LogP contribution in [-0.2, 0) is 4.79 Å². The Hall–Kier alpha value is -0.610. The summed E-state index contributed by atoms with van der Waals surface area (Å²) in [5.41, 5.74) is 0.523. The van der Waals surface area contributed by atoms with Gasteiger partial charge in [0, 0.05) is 6.42 Å². The van der Waals surface area contributed by atoms with E-state index in [0.717, 1.165) is 32.1 Å². The highest BCUT2D eigenvalue weighted by Crippen LogP contribution is 2.68. The summed E-state index contributed by atoms with van der Waals surface area (Å²) >= 11 is 0. The van der Waals surface area contributed by atoms with E-state index in [1.807, 2.05) is 0 Å². The van der Waals surface area contributed by atoms with Gasteiger partial charge in [-0.05, 0) is 104 Å². The van der Waals surface area contributed by atoms with Crippen molar-refractivity contribution in [3.8, 4) is 0 Å². The van der Waals surface area contributed by atoms with Crippen LogP contribution in [0.3, 0.4) is 0 Å². The normalized spacial score (nSPS) is 51.7. The van der Waals surface area contributed by atoms with Crippen molar-refractivity contribution >= 4 is 5.97 Å². The van der Waals surface area contributed by atoms with Crippen molar-refractivity contribution in [3.05, 3.63) is 0 Å². The molecule has 4 saturated carbocycles. The maximum Gasteiger partial charge on any atom is 0.303 e. The van der Waals surface area contributed by atoms with Gasteiger partial charge in [0.15, 0.2) is 0 Å². The molecule has 0 heterocycles. The van der Waals surface area contributed by atoms with E-state index < -0.39 is 5.97 Å². The third-order valence-corrected chi connectivity index (χ3v) is 10.2. The van der Waals surface area contributed by atoms with Gasteiger partial charge in [-0.15, -0.1) is 0 Å². The zero-order valence-corrected chi connectivity index (χ0v) is 17.9. The summed E-state index contributed by atoms with van der Waals surface area (Å²) in [4.78, 5) is 11.1. The van der Waals surface area contributed by atoms with E-state index in [4.69, 9.17) is 5.11 Å². The van der Waals surface area contributed by atoms with Gasteiger partial charge in [-0.25, -0.2) is 0 Å². The summed E-state index contributed by atoms with van der Waals surface area (Å²) in [5.74, 6) is 2.36. The number of carboxylic acids is 1. The van der Waals surface area contributed by atoms with Gasteiger partial charge < -0.3 is 15.3 Å². The summed E-state index contributed by atoms with van der Waals surface area (Å²) < 4.78 is 0. The van der Waals surface area contributed by atoms with Gasteiger partial charge in [-0.3, -0.25) is 4.79 Å². The minimum atomic E-state index is -0.684. The van der Waals surface area contributed by atoms with Crippen LogP contribution in [0.5, 0.6) is 0 Å². The van der Waals surface area contributed by atoms with Crippen molar-refractivity contribution in [3.63, 3.8) is 0 Å². The Morgan fingerprint density at radius 1 is 1.00 bits per heavy atom. The van der Waals surface area contributed by atoms with Gasteiger partial charge >= 0.3 is 5.97 Å². The Morgan fingerprint density at radius 2 is 1.68 bits per heavy atom. The summed E-state index contributed by atoms with van der Waals surface area (Å²) in [5, 5.41) is 30.5. The van der Waals surface area contributed by atoms with Gasteiger partial charge in [0.1, 0.15) is 0 Å². The molecule has 0 amide bonds. The third-order valence-electron chi connectivity index (χ3n) is 10.2. The first-order valence-corrected chi connectivity index (χ1v) is 11.7. The van der Waals surface area contributed by atoms with Crippen LogP contribution in [0.1, 0.15) is 85.0 Å². The summed E-state index contributed by atoms with van der Waals surface area (Å²) in [6, 6.07) is 0. The Kier molecular flexibility index (Phi) is 5.36. The van der Waals surface area contributed by atoms with Crippen molar-refractivity contribution in [1.82, 2.24) is 0 Å². The molecular formula is C24H40O4. The standard InChI is InChI=1S/C24H40O4/c1-14(4-7-21(27)28)17-5-6-18-22-19(9-11-24(17,18)3)23(2)10-8-16(25)12-15(23)13-20(22)26/h14-20,22,25-26H,4-13H2,1-3H3,(H,27,28)/t14-,15?,16-,17-,18+,19+,20-,22?,23+,24-/m1/s1. The average Bonchev–Trinajstić information content (AvgIpc) is 2.98. The second kappa shape index (κ2) is 7.27. The van der Waals surface area contributed by atoms with E-state index in [2.05, 4.69) is 20.8 Å². The minimum absolute atomic E-state index is 0.179. The number of aliphatic hydroxyl groups is 2. The lowest BCUT2D eigenvalue weighted by Gasteiger charge is -2.62. The topological polar surface area (TPSA) is 77.8 Å². The number of carboxylic acid groups (broad SMARTS) is 1. The Balaban J connectivity index is 1.55. The summed E-state index contributed by atoms with van der Waals surface area (Å²) in [7, 11) is 0. The van der Waals surface area contributed by atoms with Gasteiger partial charge in [0.25, 0.3) is 0 Å². The van der Waals surface area contributed by atoms with E-state index in [1.165, 1.54) is 25.7 Å². The molecule has 4 aliphatic rings. The fraction of sp³-hybridized carbons (Fsp3) is 0.958. The zero-order chi connectivity index (χ0) is 20.3. The number of hydrogen-bond acceptors (Lipinski definition) is 3. The maximum absolute atomic E-state index is 11.2. The molecule has 0 spiro atoms. The molecule has 4 heteroatoms. The molecule has 0 radical (unpaired) electrons. The number of aliphatic hydroxyl groups excluding tert-OH is 2. The highest BCUT2D eigenvalue weighted by atomic mass is 16.4. The lowest BCUT2D eigenvalue weighted by atomic mass is 9.43. The van der Waals surface area contributed by atoms with Crippen LogP contribution in [0, 0.1) is 46.3 Å². The molecule has 0 aromatic carbocycles. The van der Waals surface area contributed by atoms with Gasteiger partial charge in [0.2, 0.25) is 0 Å². The number of fused-ring (bicyclic) bond motifs is 5. The lowest BCUT2D eigenvalue weighted by Crippen LogP contribution is -2.58. The van der Waals surface area contributed by atoms with E-state index in [0.29, 0.717) is 35.5 Å². The number of aliphatic carboxylic acids is 1. The molecule has 4 aliphatic carbocycles. The van der Waals surface area contributed by atoms with Gasteiger partial charge in [0.05, 0.1) is 12.2 Å². The molecule has 28 heavy (non-hydrogen) atoms. The number of hydrogen-bond donors (Lipinski definition) is 3. The van der Waals surface area contributed by atoms with Crippen LogP contribution >= 0.6 is 0 Å². The fourth-order valence-electron chi connectivity index (χ4n) is 8.73. The molecule has 0 aliphatic heterocycles. The van der Waals surface area contributed by atoms with Crippen molar-refractivity contribution in [2.75, 3.05) is 0 Å². The van der Waals surface area contributed by atoms with E-state index in [-0.39, 0.29) is 29.5 Å². The van der Waals surface area contributed by atoms with Crippen LogP contribution in [0.2, 0.25) is 0 Å². The van der Waals surface area contributed by atoms with Gasteiger partial charge in [-0.2, -0.15) is 0 Å². The summed E-state index contributed by atoms with van der Waals surface area (Å²) in [6.45, 7) is 7.16. The van der Waals surface area contributed by atoms with Crippen molar-refractivity contribution in [2.45, 2.75) is 97.2 Å². The predicted molar refractivity (Wildman–Crippen MR) is 109 cm³/mol. The number of carbonyl (C=O) groups is 1. The quantitative estimate of drug-likeness (QED) is 0.659. The van der Waals surface area contributed by atoms with Crippen LogP contribution in [0.25, 0.3) is 0 Å². The molecule has 0 aromatic heterocycles. The largest absolute Gasteiger partial charge is 0.481 e. The second-order valence-electron chi connectivity index (χ2n) is 11.4. The molecule has 160 valence electrons. The molecule has 0 saturated heterocycles. The van der Waals surface area contributed by atoms with E-state index >= 15 is 0 Å². The lowest BCUT2D eigenvalue weighted by molar-refractivity contribution is -0.174. The molecule has 3 N–H and O–H groups in total. The monoisotopic (exact) mass is 392 g/mol. The Morgan fingerprint density at radius 3 is 2.39 bits per heavy atom. The SMILES string of the molecule is C[C@H](CCC(=O)O)[C@H]1CC[C@H]2C3[C@H](O)CC4C[C@H](O)CC[C@]4(C)[C@H]3CC[C@]12C. The molecule has 4 nitrogen and oxygen atoms in total. The fourth-order valence-corrected chi connectivity index (χ4v) is 8.73. The van der Waals surface area contributed by atoms with Crippen LogP contribution in [-0.4, -0.2) is 33.5 Å². The average molecular weight is 393 g/mol. The van der Waals surface area contributed by atoms with E-state index in [1.54, 1.807) is 0 Å². The van der Waals surface area contributed by atoms with Crippen molar-refractivity contribution < 1.29 is 20.1 Å². The molecule has 2 unspecified atom stereocenters. The molecule has 4 fully saturated rings. The molecular weight excluding hydrogens is 352 g/mol. The predicted octanol–water partition coefficient (Wildman–Crippen LogP) is 4.48. The third kappa shape index (κ3) is 3.14. The first kappa shape index (κ1) is 20.7. The van der Waals surface area contributed by atoms with Crippen molar-refractivity contribution in [1.29, 1.82) is 0 Å². The van der Waals surface area contributed by atoms with Crippen molar-refractivity contribution in [2.24, 2.45) is 46.3 Å². The molecule has 0 aromatic rings. The van der Waals surface area contributed by atoms with E-state index in [9.17, 15) is 15.0 Å². The molecule has 0 bridgehead atoms. The maximum atomic E-state index is 11.2. The van der Waals surface area contributed by atoms with Crippen LogP contribution in [0.15, 0.2) is 0 Å². The smallest absolute Gasteiger partial charge is 0.303 e. The first-order valence-electron chi connectivity index (χ1n) is 11.7. The van der Waals surface area contributed by atoms with Crippen LogP contribution < -0.4 is 0 Å². The molecule has 10 atom stereocenters. The molecule has 4 rings (SSSR count). The van der Waals surface area contributed by atoms with Crippen LogP contribution in [0.4, 0.5) is 0 Å². The minimum Gasteiger partial charge on any atom is -0.481 e.